The Morgan fingerprint density at radius 2 is 1.86 bits per heavy atom. The van der Waals surface area contributed by atoms with Gasteiger partial charge in [-0.15, -0.1) is 11.3 Å². The van der Waals surface area contributed by atoms with E-state index in [1.165, 1.54) is 0 Å². The second-order valence-corrected chi connectivity index (χ2v) is 7.12. The van der Waals surface area contributed by atoms with Crippen LogP contribution in [0.5, 0.6) is 5.75 Å². The van der Waals surface area contributed by atoms with E-state index in [0.29, 0.717) is 11.6 Å². The number of benzene rings is 2. The first-order chi connectivity index (χ1) is 14.2. The van der Waals surface area contributed by atoms with Crippen LogP contribution in [-0.4, -0.2) is 29.5 Å². The number of hydrogen-bond donors (Lipinski definition) is 3. The number of nitrogens with zero attached hydrogens (tertiary/aromatic N) is 2. The Morgan fingerprint density at radius 3 is 2.62 bits per heavy atom. The van der Waals surface area contributed by atoms with Crippen LogP contribution in [-0.2, 0) is 4.79 Å². The maximum atomic E-state index is 11.4. The number of carbonyl (C=O) groups excluding carboxylic acids is 1. The number of methoxy groups -OCH3 is 1. The van der Waals surface area contributed by atoms with Gasteiger partial charge in [0.1, 0.15) is 5.75 Å². The molecule has 0 spiro atoms. The molecule has 0 saturated carbocycles. The summed E-state index contributed by atoms with van der Waals surface area (Å²) >= 11 is 1.59. The number of aromatic nitrogens is 2. The lowest BCUT2D eigenvalue weighted by Crippen LogP contribution is -2.21. The van der Waals surface area contributed by atoms with Crippen LogP contribution < -0.4 is 21.1 Å². The molecular weight excluding hydrogens is 386 g/mol. The predicted molar refractivity (Wildman–Crippen MR) is 117 cm³/mol. The van der Waals surface area contributed by atoms with Gasteiger partial charge in [-0.2, -0.15) is 0 Å². The molecule has 0 atom stereocenters. The monoisotopic (exact) mass is 405 g/mol. The van der Waals surface area contributed by atoms with E-state index in [0.717, 1.165) is 32.8 Å². The van der Waals surface area contributed by atoms with E-state index in [-0.39, 0.29) is 12.5 Å². The molecule has 2 heterocycles. The van der Waals surface area contributed by atoms with Crippen molar-refractivity contribution in [2.75, 3.05) is 24.3 Å². The third kappa shape index (κ3) is 4.03. The maximum Gasteiger partial charge on any atom is 0.238 e. The van der Waals surface area contributed by atoms with Crippen molar-refractivity contribution in [3.63, 3.8) is 0 Å². The molecule has 0 aliphatic rings. The van der Waals surface area contributed by atoms with Crippen molar-refractivity contribution in [1.82, 2.24) is 9.97 Å². The summed E-state index contributed by atoms with van der Waals surface area (Å²) in [4.78, 5) is 20.5. The Morgan fingerprint density at radius 1 is 1.10 bits per heavy atom. The van der Waals surface area contributed by atoms with Crippen LogP contribution in [0.15, 0.2) is 60.1 Å². The van der Waals surface area contributed by atoms with Crippen LogP contribution in [0.1, 0.15) is 0 Å². The topological polar surface area (TPSA) is 102 Å². The Labute approximate surface area is 171 Å². The Balaban J connectivity index is 1.62. The second kappa shape index (κ2) is 8.26. The molecule has 0 bridgehead atoms. The van der Waals surface area contributed by atoms with E-state index in [9.17, 15) is 4.79 Å². The minimum atomic E-state index is -0.235. The lowest BCUT2D eigenvalue weighted by Gasteiger charge is -2.09. The Hall–Kier alpha value is -3.49. The SMILES string of the molecule is COc1ccccc1-c1csc2cnc(Nc3ccc(NC(=O)CN)cc3)nc12. The molecule has 4 N–H and O–H groups in total. The van der Waals surface area contributed by atoms with E-state index in [1.807, 2.05) is 42.6 Å². The van der Waals surface area contributed by atoms with Gasteiger partial charge in [0.2, 0.25) is 11.9 Å². The number of thiophene rings is 1. The molecule has 0 aliphatic carbocycles. The zero-order valence-corrected chi connectivity index (χ0v) is 16.5. The quantitative estimate of drug-likeness (QED) is 0.448. The van der Waals surface area contributed by atoms with Gasteiger partial charge in [-0.25, -0.2) is 9.97 Å². The molecule has 7 nitrogen and oxygen atoms in total. The fourth-order valence-electron chi connectivity index (χ4n) is 2.92. The highest BCUT2D eigenvalue weighted by atomic mass is 32.1. The fraction of sp³-hybridized carbons (Fsp3) is 0.0952. The molecule has 2 aromatic carbocycles. The van der Waals surface area contributed by atoms with Crippen molar-refractivity contribution < 1.29 is 9.53 Å². The number of carbonyl (C=O) groups is 1. The summed E-state index contributed by atoms with van der Waals surface area (Å²) < 4.78 is 6.50. The third-order valence-corrected chi connectivity index (χ3v) is 5.23. The Kier molecular flexibility index (Phi) is 5.37. The van der Waals surface area contributed by atoms with E-state index in [1.54, 1.807) is 30.6 Å². The molecule has 4 aromatic rings. The summed E-state index contributed by atoms with van der Waals surface area (Å²) in [6.45, 7) is -0.0525. The molecule has 1 amide bonds. The molecule has 0 fully saturated rings. The smallest absolute Gasteiger partial charge is 0.238 e. The number of anilines is 3. The van der Waals surface area contributed by atoms with Crippen LogP contribution in [0.4, 0.5) is 17.3 Å². The summed E-state index contributed by atoms with van der Waals surface area (Å²) in [7, 11) is 1.66. The van der Waals surface area contributed by atoms with E-state index in [4.69, 9.17) is 15.5 Å². The average molecular weight is 405 g/mol. The zero-order chi connectivity index (χ0) is 20.2. The number of amides is 1. The fourth-order valence-corrected chi connectivity index (χ4v) is 3.79. The molecular formula is C21H19N5O2S. The van der Waals surface area contributed by atoms with Crippen molar-refractivity contribution in [1.29, 1.82) is 0 Å². The first-order valence-corrected chi connectivity index (χ1v) is 9.80. The molecule has 29 heavy (non-hydrogen) atoms. The normalized spacial score (nSPS) is 10.7. The first-order valence-electron chi connectivity index (χ1n) is 8.92. The summed E-state index contributed by atoms with van der Waals surface area (Å²) in [6.07, 6.45) is 1.81. The number of rotatable bonds is 6. The number of nitrogens with two attached hydrogens (primary N) is 1. The van der Waals surface area contributed by atoms with Crippen molar-refractivity contribution >= 4 is 44.8 Å². The van der Waals surface area contributed by atoms with Gasteiger partial charge in [-0.1, -0.05) is 18.2 Å². The summed E-state index contributed by atoms with van der Waals surface area (Å²) in [5, 5.41) is 7.97. The van der Waals surface area contributed by atoms with Crippen LogP contribution in [0.3, 0.4) is 0 Å². The van der Waals surface area contributed by atoms with Crippen LogP contribution in [0, 0.1) is 0 Å². The summed E-state index contributed by atoms with van der Waals surface area (Å²) in [5.41, 5.74) is 9.67. The van der Waals surface area contributed by atoms with Gasteiger partial charge in [0, 0.05) is 27.9 Å². The van der Waals surface area contributed by atoms with E-state index in [2.05, 4.69) is 21.0 Å². The number of fused-ring (bicyclic) bond motifs is 1. The highest BCUT2D eigenvalue weighted by Gasteiger charge is 2.13. The van der Waals surface area contributed by atoms with Gasteiger partial charge >= 0.3 is 0 Å². The number of nitrogens with one attached hydrogen (secondary N) is 2. The van der Waals surface area contributed by atoms with Crippen molar-refractivity contribution in [3.05, 3.63) is 60.1 Å². The molecule has 4 rings (SSSR count). The highest BCUT2D eigenvalue weighted by molar-refractivity contribution is 7.17. The second-order valence-electron chi connectivity index (χ2n) is 6.21. The van der Waals surface area contributed by atoms with Crippen LogP contribution in [0.25, 0.3) is 21.3 Å². The molecule has 8 heteroatoms. The standard InChI is InChI=1S/C21H19N5O2S/c1-28-17-5-3-2-4-15(17)16-12-29-18-11-23-21(26-20(16)18)25-14-8-6-13(7-9-14)24-19(27)10-22/h2-9,11-12H,10,22H2,1H3,(H,24,27)(H,23,25,26). The zero-order valence-electron chi connectivity index (χ0n) is 15.7. The molecule has 0 saturated heterocycles. The van der Waals surface area contributed by atoms with Gasteiger partial charge < -0.3 is 21.1 Å². The van der Waals surface area contributed by atoms with Crippen molar-refractivity contribution in [3.8, 4) is 16.9 Å². The van der Waals surface area contributed by atoms with E-state index >= 15 is 0 Å². The molecule has 0 unspecified atom stereocenters. The predicted octanol–water partition coefficient (Wildman–Crippen LogP) is 4.01. The number of hydrogen-bond acceptors (Lipinski definition) is 7. The first kappa shape index (κ1) is 18.9. The van der Waals surface area contributed by atoms with Gasteiger partial charge in [-0.05, 0) is 30.3 Å². The van der Waals surface area contributed by atoms with Crippen LogP contribution >= 0.6 is 11.3 Å². The highest BCUT2D eigenvalue weighted by Crippen LogP contribution is 2.37. The lowest BCUT2D eigenvalue weighted by atomic mass is 10.1. The summed E-state index contributed by atoms with van der Waals surface area (Å²) in [5.74, 6) is 1.06. The molecule has 146 valence electrons. The van der Waals surface area contributed by atoms with Crippen molar-refractivity contribution in [2.24, 2.45) is 5.73 Å². The average Bonchev–Trinajstić information content (AvgIpc) is 3.18. The maximum absolute atomic E-state index is 11.4. The number of ether oxygens (including phenoxy) is 1. The van der Waals surface area contributed by atoms with Gasteiger partial charge in [0.05, 0.1) is 30.1 Å². The largest absolute Gasteiger partial charge is 0.496 e. The van der Waals surface area contributed by atoms with Gasteiger partial charge in [0.15, 0.2) is 0 Å². The van der Waals surface area contributed by atoms with Gasteiger partial charge in [-0.3, -0.25) is 4.79 Å². The third-order valence-electron chi connectivity index (χ3n) is 4.32. The minimum absolute atomic E-state index is 0.0525. The van der Waals surface area contributed by atoms with Gasteiger partial charge in [0.25, 0.3) is 0 Å². The number of para-hydroxylation sites is 1. The lowest BCUT2D eigenvalue weighted by molar-refractivity contribution is -0.114. The molecule has 0 radical (unpaired) electrons. The van der Waals surface area contributed by atoms with Crippen molar-refractivity contribution in [2.45, 2.75) is 0 Å². The molecule has 0 aliphatic heterocycles. The van der Waals surface area contributed by atoms with E-state index < -0.39 is 0 Å². The Bertz CT molecular complexity index is 1160. The summed E-state index contributed by atoms with van der Waals surface area (Å²) in [6, 6.07) is 15.1. The minimum Gasteiger partial charge on any atom is -0.496 e. The van der Waals surface area contributed by atoms with Crippen LogP contribution in [0.2, 0.25) is 0 Å². The molecule has 2 aromatic heterocycles.